The number of halogens is 2. The second-order valence-corrected chi connectivity index (χ2v) is 4.70. The molecule has 4 nitrogen and oxygen atoms in total. The molecule has 1 unspecified atom stereocenters. The molecule has 1 aliphatic rings. The lowest BCUT2D eigenvalue weighted by Crippen LogP contribution is -2.33. The van der Waals surface area contributed by atoms with Crippen LogP contribution in [-0.2, 0) is 11.3 Å². The van der Waals surface area contributed by atoms with Crippen molar-refractivity contribution in [2.24, 2.45) is 5.92 Å². The average molecular weight is 269 g/mol. The molecule has 0 N–H and O–H groups in total. The molecule has 0 spiro atoms. The molecule has 0 bridgehead atoms. The van der Waals surface area contributed by atoms with E-state index in [9.17, 15) is 13.6 Å². The van der Waals surface area contributed by atoms with Gasteiger partial charge in [-0.15, -0.1) is 0 Å². The number of carbonyl (C=O) groups is 1. The van der Waals surface area contributed by atoms with Crippen molar-refractivity contribution < 1.29 is 13.6 Å². The number of hydrogen-bond acceptors (Lipinski definition) is 2. The summed E-state index contributed by atoms with van der Waals surface area (Å²) in [5.74, 6) is 0.162. The van der Waals surface area contributed by atoms with Gasteiger partial charge in [0.15, 0.2) is 0 Å². The van der Waals surface area contributed by atoms with E-state index in [1.165, 1.54) is 17.3 Å². The van der Waals surface area contributed by atoms with Crippen LogP contribution in [0, 0.1) is 5.92 Å². The Labute approximate surface area is 110 Å². The Morgan fingerprint density at radius 3 is 3.00 bits per heavy atom. The molecule has 0 saturated heterocycles. The van der Waals surface area contributed by atoms with Crippen LogP contribution in [0.25, 0.3) is 0 Å². The van der Waals surface area contributed by atoms with Gasteiger partial charge in [0.2, 0.25) is 5.91 Å². The van der Waals surface area contributed by atoms with E-state index >= 15 is 0 Å². The highest BCUT2D eigenvalue weighted by atomic mass is 19.3. The van der Waals surface area contributed by atoms with Gasteiger partial charge in [-0.25, -0.2) is 4.98 Å². The molecule has 1 atom stereocenters. The predicted octanol–water partition coefficient (Wildman–Crippen LogP) is 2.59. The minimum Gasteiger partial charge on any atom is -0.338 e. The van der Waals surface area contributed by atoms with Crippen LogP contribution in [0.2, 0.25) is 0 Å². The molecule has 0 aliphatic heterocycles. The van der Waals surface area contributed by atoms with Gasteiger partial charge in [-0.3, -0.25) is 9.36 Å². The molecule has 1 amide bonds. The van der Waals surface area contributed by atoms with E-state index in [1.807, 2.05) is 6.08 Å². The molecule has 19 heavy (non-hydrogen) atoms. The lowest BCUT2D eigenvalue weighted by Gasteiger charge is -2.24. The van der Waals surface area contributed by atoms with Crippen LogP contribution in [0.3, 0.4) is 0 Å². The van der Waals surface area contributed by atoms with Crippen LogP contribution in [0.1, 0.15) is 31.6 Å². The van der Waals surface area contributed by atoms with Crippen LogP contribution in [0.15, 0.2) is 24.5 Å². The maximum atomic E-state index is 12.7. The molecule has 0 fully saturated rings. The lowest BCUT2D eigenvalue weighted by atomic mass is 9.93. The van der Waals surface area contributed by atoms with Crippen molar-refractivity contribution in [3.05, 3.63) is 30.4 Å². The topological polar surface area (TPSA) is 38.1 Å². The number of nitrogens with zero attached hydrogens (tertiary/aromatic N) is 3. The minimum atomic E-state index is -2.63. The van der Waals surface area contributed by atoms with E-state index in [4.69, 9.17) is 0 Å². The van der Waals surface area contributed by atoms with Crippen molar-refractivity contribution in [2.45, 2.75) is 32.4 Å². The summed E-state index contributed by atoms with van der Waals surface area (Å²) < 4.78 is 26.1. The molecule has 1 aliphatic carbocycles. The molecular formula is C13H17F2N3O. The fraction of sp³-hybridized carbons (Fsp3) is 0.538. The summed E-state index contributed by atoms with van der Waals surface area (Å²) in [5, 5.41) is 0. The van der Waals surface area contributed by atoms with Gasteiger partial charge < -0.3 is 4.90 Å². The van der Waals surface area contributed by atoms with Gasteiger partial charge in [-0.05, 0) is 19.3 Å². The first kappa shape index (κ1) is 13.7. The second kappa shape index (κ2) is 5.95. The van der Waals surface area contributed by atoms with Crippen LogP contribution in [0.5, 0.6) is 0 Å². The third-order valence-electron chi connectivity index (χ3n) is 3.33. The fourth-order valence-corrected chi connectivity index (χ4v) is 2.26. The van der Waals surface area contributed by atoms with E-state index in [0.29, 0.717) is 0 Å². The number of hydrogen-bond donors (Lipinski definition) is 0. The zero-order chi connectivity index (χ0) is 13.8. The number of alkyl halides is 2. The first-order valence-electron chi connectivity index (χ1n) is 6.29. The number of aromatic nitrogens is 2. The third-order valence-corrected chi connectivity index (χ3v) is 3.33. The molecule has 0 aromatic carbocycles. The summed E-state index contributed by atoms with van der Waals surface area (Å²) >= 11 is 0. The van der Waals surface area contributed by atoms with Crippen molar-refractivity contribution in [1.29, 1.82) is 0 Å². The van der Waals surface area contributed by atoms with Crippen molar-refractivity contribution in [3.8, 4) is 0 Å². The van der Waals surface area contributed by atoms with Gasteiger partial charge >= 0.3 is 6.55 Å². The predicted molar refractivity (Wildman–Crippen MR) is 66.4 cm³/mol. The number of carbonyl (C=O) groups excluding carboxylic acids is 1. The van der Waals surface area contributed by atoms with Crippen molar-refractivity contribution in [1.82, 2.24) is 14.5 Å². The normalized spacial score (nSPS) is 18.8. The summed E-state index contributed by atoms with van der Waals surface area (Å²) in [6.07, 6.45) is 9.06. The Morgan fingerprint density at radius 2 is 2.37 bits per heavy atom. The van der Waals surface area contributed by atoms with E-state index in [2.05, 4.69) is 11.1 Å². The molecule has 2 rings (SSSR count). The van der Waals surface area contributed by atoms with E-state index < -0.39 is 6.55 Å². The monoisotopic (exact) mass is 269 g/mol. The molecule has 1 aromatic rings. The largest absolute Gasteiger partial charge is 0.338 e. The van der Waals surface area contributed by atoms with Crippen LogP contribution in [0.4, 0.5) is 8.78 Å². The Bertz CT molecular complexity index is 470. The second-order valence-electron chi connectivity index (χ2n) is 4.70. The zero-order valence-electron chi connectivity index (χ0n) is 10.8. The smallest absolute Gasteiger partial charge is 0.319 e. The minimum absolute atomic E-state index is 0.00633. The summed E-state index contributed by atoms with van der Waals surface area (Å²) in [6, 6.07) is 0. The number of amides is 1. The van der Waals surface area contributed by atoms with Crippen LogP contribution < -0.4 is 0 Å². The van der Waals surface area contributed by atoms with Crippen molar-refractivity contribution in [3.63, 3.8) is 0 Å². The first-order valence-corrected chi connectivity index (χ1v) is 6.29. The fourth-order valence-electron chi connectivity index (χ4n) is 2.26. The number of allylic oxidation sites excluding steroid dienone is 2. The quantitative estimate of drug-likeness (QED) is 0.788. The maximum Gasteiger partial charge on any atom is 0.319 e. The number of rotatable bonds is 4. The Morgan fingerprint density at radius 1 is 1.58 bits per heavy atom. The standard InChI is InChI=1S/C13H17F2N3O/c1-17(12(19)10-5-3-2-4-6-10)9-11-16-7-8-18(11)13(14)15/h2-3,7-8,10,13H,4-6,9H2,1H3. The summed E-state index contributed by atoms with van der Waals surface area (Å²) in [4.78, 5) is 17.5. The van der Waals surface area contributed by atoms with Crippen LogP contribution >= 0.6 is 0 Å². The summed E-state index contributed by atoms with van der Waals surface area (Å²) in [7, 11) is 1.63. The van der Waals surface area contributed by atoms with Crippen molar-refractivity contribution >= 4 is 5.91 Å². The Hall–Kier alpha value is -1.72. The van der Waals surface area contributed by atoms with Crippen LogP contribution in [-0.4, -0.2) is 27.4 Å². The SMILES string of the molecule is CN(Cc1nccn1C(F)F)C(=O)C1CC=CCC1. The molecule has 6 heteroatoms. The summed E-state index contributed by atoms with van der Waals surface area (Å²) in [6.45, 7) is -2.52. The van der Waals surface area contributed by atoms with Crippen molar-refractivity contribution in [2.75, 3.05) is 7.05 Å². The van der Waals surface area contributed by atoms with Gasteiger partial charge in [0.1, 0.15) is 5.82 Å². The molecule has 0 radical (unpaired) electrons. The highest BCUT2D eigenvalue weighted by Gasteiger charge is 2.23. The molecule has 0 saturated carbocycles. The molecule has 1 aromatic heterocycles. The Kier molecular flexibility index (Phi) is 4.29. The highest BCUT2D eigenvalue weighted by Crippen LogP contribution is 2.21. The third kappa shape index (κ3) is 3.19. The highest BCUT2D eigenvalue weighted by molar-refractivity contribution is 5.78. The molecule has 104 valence electrons. The zero-order valence-corrected chi connectivity index (χ0v) is 10.8. The van der Waals surface area contributed by atoms with E-state index in [-0.39, 0.29) is 24.2 Å². The van der Waals surface area contributed by atoms with Gasteiger partial charge in [0.25, 0.3) is 0 Å². The van der Waals surface area contributed by atoms with E-state index in [1.54, 1.807) is 7.05 Å². The first-order chi connectivity index (χ1) is 9.09. The van der Waals surface area contributed by atoms with Gasteiger partial charge in [-0.1, -0.05) is 12.2 Å². The maximum absolute atomic E-state index is 12.7. The number of imidazole rings is 1. The van der Waals surface area contributed by atoms with Gasteiger partial charge in [0, 0.05) is 25.4 Å². The lowest BCUT2D eigenvalue weighted by molar-refractivity contribution is -0.135. The van der Waals surface area contributed by atoms with Gasteiger partial charge in [0.05, 0.1) is 6.54 Å². The average Bonchev–Trinajstić information content (AvgIpc) is 2.87. The Balaban J connectivity index is 2.00. The summed E-state index contributed by atoms with van der Waals surface area (Å²) in [5.41, 5.74) is 0. The molecular weight excluding hydrogens is 252 g/mol. The van der Waals surface area contributed by atoms with E-state index in [0.717, 1.165) is 23.8 Å². The van der Waals surface area contributed by atoms with Gasteiger partial charge in [-0.2, -0.15) is 8.78 Å². The molecule has 1 heterocycles.